The van der Waals surface area contributed by atoms with Crippen LogP contribution in [0.15, 0.2) is 42.5 Å². The number of para-hydroxylation sites is 1. The third-order valence-electron chi connectivity index (χ3n) is 3.84. The Kier molecular flexibility index (Phi) is 5.82. The van der Waals surface area contributed by atoms with Crippen molar-refractivity contribution >= 4 is 34.4 Å². The van der Waals surface area contributed by atoms with Crippen molar-refractivity contribution in [3.8, 4) is 0 Å². The molecule has 3 aromatic rings. The molecule has 0 spiro atoms. The van der Waals surface area contributed by atoms with Gasteiger partial charge in [0, 0.05) is 10.9 Å². The molecule has 0 atom stereocenters. The Morgan fingerprint density at radius 1 is 0.966 bits per heavy atom. The second kappa shape index (κ2) is 8.46. The summed E-state index contributed by atoms with van der Waals surface area (Å²) in [5.41, 5.74) is 0.309. The van der Waals surface area contributed by atoms with E-state index in [1.807, 2.05) is 5.32 Å². The highest BCUT2D eigenvalue weighted by Crippen LogP contribution is 2.19. The van der Waals surface area contributed by atoms with E-state index in [2.05, 4.69) is 10.3 Å². The molecule has 10 heteroatoms. The quantitative estimate of drug-likeness (QED) is 0.433. The Hall–Kier alpha value is -3.82. The van der Waals surface area contributed by atoms with Crippen LogP contribution in [-0.2, 0) is 14.3 Å². The molecule has 7 nitrogen and oxygen atoms in total. The van der Waals surface area contributed by atoms with Crippen LogP contribution in [-0.4, -0.2) is 35.9 Å². The number of aromatic amines is 1. The number of aromatic nitrogens is 1. The standard InChI is InChI=1S/C19H14F3N3O4/c20-11-5-6-13(18(22)17(11)21)25-15(26)8-23-16(27)9-29-19(28)14-7-10-3-1-2-4-12(10)24-14/h1-7,24H,8-9H2,(H,23,27)(H,25,26). The van der Waals surface area contributed by atoms with Crippen molar-refractivity contribution in [1.29, 1.82) is 0 Å². The molecule has 3 rings (SSSR count). The SMILES string of the molecule is O=C(COC(=O)c1cc2ccccc2[nH]1)NCC(=O)Nc1ccc(F)c(F)c1F. The Morgan fingerprint density at radius 2 is 1.72 bits per heavy atom. The number of fused-ring (bicyclic) bond motifs is 1. The van der Waals surface area contributed by atoms with E-state index in [4.69, 9.17) is 4.74 Å². The Bertz CT molecular complexity index is 1060. The molecule has 0 radical (unpaired) electrons. The van der Waals surface area contributed by atoms with Gasteiger partial charge in [-0.2, -0.15) is 0 Å². The number of hydrogen-bond acceptors (Lipinski definition) is 4. The molecule has 29 heavy (non-hydrogen) atoms. The van der Waals surface area contributed by atoms with E-state index in [0.29, 0.717) is 6.07 Å². The van der Waals surface area contributed by atoms with Gasteiger partial charge in [-0.25, -0.2) is 18.0 Å². The molecule has 0 unspecified atom stereocenters. The predicted octanol–water partition coefficient (Wildman–Crippen LogP) is 2.50. The van der Waals surface area contributed by atoms with Gasteiger partial charge in [-0.05, 0) is 24.3 Å². The van der Waals surface area contributed by atoms with Crippen molar-refractivity contribution in [2.24, 2.45) is 0 Å². The van der Waals surface area contributed by atoms with Gasteiger partial charge in [0.1, 0.15) is 5.69 Å². The number of esters is 1. The maximum Gasteiger partial charge on any atom is 0.355 e. The fourth-order valence-corrected chi connectivity index (χ4v) is 2.44. The number of ether oxygens (including phenoxy) is 1. The summed E-state index contributed by atoms with van der Waals surface area (Å²) in [5, 5.41) is 4.94. The van der Waals surface area contributed by atoms with E-state index in [1.54, 1.807) is 30.3 Å². The van der Waals surface area contributed by atoms with Crippen LogP contribution in [0.25, 0.3) is 10.9 Å². The number of carbonyl (C=O) groups excluding carboxylic acids is 3. The Morgan fingerprint density at radius 3 is 2.48 bits per heavy atom. The monoisotopic (exact) mass is 405 g/mol. The van der Waals surface area contributed by atoms with Gasteiger partial charge in [-0.1, -0.05) is 18.2 Å². The number of carbonyl (C=O) groups is 3. The number of hydrogen-bond donors (Lipinski definition) is 3. The fourth-order valence-electron chi connectivity index (χ4n) is 2.44. The van der Waals surface area contributed by atoms with Crippen molar-refractivity contribution in [2.75, 3.05) is 18.5 Å². The first-order valence-electron chi connectivity index (χ1n) is 8.30. The summed E-state index contributed by atoms with van der Waals surface area (Å²) in [6, 6.07) is 10.2. The van der Waals surface area contributed by atoms with Crippen LogP contribution in [0.2, 0.25) is 0 Å². The van der Waals surface area contributed by atoms with Crippen LogP contribution in [0.5, 0.6) is 0 Å². The molecule has 3 N–H and O–H groups in total. The second-order valence-electron chi connectivity index (χ2n) is 5.89. The van der Waals surface area contributed by atoms with Gasteiger partial charge in [-0.15, -0.1) is 0 Å². The largest absolute Gasteiger partial charge is 0.451 e. The summed E-state index contributed by atoms with van der Waals surface area (Å²) in [4.78, 5) is 38.2. The van der Waals surface area contributed by atoms with Gasteiger partial charge < -0.3 is 20.4 Å². The number of rotatable bonds is 6. The average molecular weight is 405 g/mol. The molecule has 1 heterocycles. The van der Waals surface area contributed by atoms with Crippen LogP contribution in [0.1, 0.15) is 10.5 Å². The van der Waals surface area contributed by atoms with E-state index in [0.717, 1.165) is 17.0 Å². The van der Waals surface area contributed by atoms with Crippen molar-refractivity contribution in [3.63, 3.8) is 0 Å². The van der Waals surface area contributed by atoms with Gasteiger partial charge in [0.25, 0.3) is 5.91 Å². The van der Waals surface area contributed by atoms with Crippen LogP contribution in [0, 0.1) is 17.5 Å². The lowest BCUT2D eigenvalue weighted by Crippen LogP contribution is -2.35. The Balaban J connectivity index is 1.46. The van der Waals surface area contributed by atoms with E-state index in [9.17, 15) is 27.6 Å². The number of amides is 2. The lowest BCUT2D eigenvalue weighted by molar-refractivity contribution is -0.126. The second-order valence-corrected chi connectivity index (χ2v) is 5.89. The molecular formula is C19H14F3N3O4. The maximum atomic E-state index is 13.5. The van der Waals surface area contributed by atoms with Crippen molar-refractivity contribution in [2.45, 2.75) is 0 Å². The molecule has 150 valence electrons. The summed E-state index contributed by atoms with van der Waals surface area (Å²) >= 11 is 0. The molecule has 2 aromatic carbocycles. The number of nitrogens with one attached hydrogen (secondary N) is 3. The fraction of sp³-hybridized carbons (Fsp3) is 0.105. The number of halogens is 3. The van der Waals surface area contributed by atoms with E-state index in [-0.39, 0.29) is 5.69 Å². The molecule has 0 saturated carbocycles. The van der Waals surface area contributed by atoms with Crippen LogP contribution >= 0.6 is 0 Å². The van der Waals surface area contributed by atoms with Crippen LogP contribution in [0.3, 0.4) is 0 Å². The number of anilines is 1. The van der Waals surface area contributed by atoms with Crippen molar-refractivity contribution in [3.05, 3.63) is 65.6 Å². The van der Waals surface area contributed by atoms with E-state index < -0.39 is 54.1 Å². The average Bonchev–Trinajstić information content (AvgIpc) is 3.15. The first-order valence-corrected chi connectivity index (χ1v) is 8.30. The number of H-pyrrole nitrogens is 1. The lowest BCUT2D eigenvalue weighted by atomic mass is 10.2. The van der Waals surface area contributed by atoms with Gasteiger partial charge in [0.2, 0.25) is 5.91 Å². The molecule has 0 aliphatic heterocycles. The minimum atomic E-state index is -1.73. The molecule has 0 aliphatic rings. The predicted molar refractivity (Wildman–Crippen MR) is 96.5 cm³/mol. The molecule has 2 amide bonds. The molecule has 0 bridgehead atoms. The molecule has 1 aromatic heterocycles. The summed E-state index contributed by atoms with van der Waals surface area (Å²) < 4.78 is 44.3. The summed E-state index contributed by atoms with van der Waals surface area (Å²) in [7, 11) is 0. The zero-order valence-corrected chi connectivity index (χ0v) is 14.7. The molecular weight excluding hydrogens is 391 g/mol. The molecule has 0 fully saturated rings. The highest BCUT2D eigenvalue weighted by atomic mass is 19.2. The smallest absolute Gasteiger partial charge is 0.355 e. The normalized spacial score (nSPS) is 10.6. The van der Waals surface area contributed by atoms with Crippen molar-refractivity contribution < 1.29 is 32.3 Å². The maximum absolute atomic E-state index is 13.5. The van der Waals surface area contributed by atoms with Crippen molar-refractivity contribution in [1.82, 2.24) is 10.3 Å². The van der Waals surface area contributed by atoms with Gasteiger partial charge in [0.05, 0.1) is 12.2 Å². The van der Waals surface area contributed by atoms with Gasteiger partial charge >= 0.3 is 5.97 Å². The van der Waals surface area contributed by atoms with Crippen LogP contribution < -0.4 is 10.6 Å². The first-order chi connectivity index (χ1) is 13.8. The third-order valence-corrected chi connectivity index (χ3v) is 3.84. The summed E-state index contributed by atoms with van der Waals surface area (Å²) in [6.07, 6.45) is 0. The Labute approximate surface area is 161 Å². The molecule has 0 saturated heterocycles. The van der Waals surface area contributed by atoms with E-state index >= 15 is 0 Å². The third kappa shape index (κ3) is 4.72. The van der Waals surface area contributed by atoms with E-state index in [1.165, 1.54) is 0 Å². The van der Waals surface area contributed by atoms with Crippen LogP contribution in [0.4, 0.5) is 18.9 Å². The highest BCUT2D eigenvalue weighted by molar-refractivity contribution is 5.97. The first kappa shape index (κ1) is 19.9. The minimum absolute atomic E-state index is 0.158. The zero-order valence-electron chi connectivity index (χ0n) is 14.7. The molecule has 0 aliphatic carbocycles. The minimum Gasteiger partial charge on any atom is -0.451 e. The number of benzene rings is 2. The highest BCUT2D eigenvalue weighted by Gasteiger charge is 2.16. The van der Waals surface area contributed by atoms with Gasteiger partial charge in [0.15, 0.2) is 24.1 Å². The lowest BCUT2D eigenvalue weighted by Gasteiger charge is -2.08. The zero-order chi connectivity index (χ0) is 21.0. The summed E-state index contributed by atoms with van der Waals surface area (Å²) in [5.74, 6) is -7.11. The topological polar surface area (TPSA) is 100 Å². The summed E-state index contributed by atoms with van der Waals surface area (Å²) in [6.45, 7) is -1.25. The van der Waals surface area contributed by atoms with Gasteiger partial charge in [-0.3, -0.25) is 9.59 Å².